The molecular formula is C17H20Cl2N4OS. The van der Waals surface area contributed by atoms with Gasteiger partial charge in [-0.1, -0.05) is 23.2 Å². The van der Waals surface area contributed by atoms with Gasteiger partial charge in [0, 0.05) is 56.8 Å². The number of hydrogen-bond donors (Lipinski definition) is 2. The summed E-state index contributed by atoms with van der Waals surface area (Å²) in [6.45, 7) is 5.24. The summed E-state index contributed by atoms with van der Waals surface area (Å²) in [6.07, 6.45) is 3.91. The smallest absolute Gasteiger partial charge is 0.219 e. The van der Waals surface area contributed by atoms with Gasteiger partial charge in [0.15, 0.2) is 0 Å². The van der Waals surface area contributed by atoms with Crippen molar-refractivity contribution in [2.75, 3.05) is 24.4 Å². The normalized spacial score (nSPS) is 19.1. The van der Waals surface area contributed by atoms with Crippen LogP contribution in [0.5, 0.6) is 0 Å². The molecule has 0 bridgehead atoms. The molecule has 0 atom stereocenters. The summed E-state index contributed by atoms with van der Waals surface area (Å²) in [7, 11) is 0. The van der Waals surface area contributed by atoms with E-state index in [4.69, 9.17) is 23.2 Å². The second-order valence-electron chi connectivity index (χ2n) is 6.74. The fourth-order valence-corrected chi connectivity index (χ4v) is 5.25. The number of carbonyl (C=O) groups excluding carboxylic acids is 1. The average Bonchev–Trinajstić information content (AvgIpc) is 2.98. The van der Waals surface area contributed by atoms with Crippen LogP contribution >= 0.6 is 35.3 Å². The lowest BCUT2D eigenvalue weighted by molar-refractivity contribution is -0.130. The Morgan fingerprint density at radius 3 is 2.80 bits per heavy atom. The lowest BCUT2D eigenvalue weighted by atomic mass is 9.96. The van der Waals surface area contributed by atoms with Crippen LogP contribution in [0.15, 0.2) is 12.3 Å². The average molecular weight is 399 g/mol. The van der Waals surface area contributed by atoms with Gasteiger partial charge >= 0.3 is 0 Å². The maximum Gasteiger partial charge on any atom is 0.219 e. The fraction of sp³-hybridized carbons (Fsp3) is 0.471. The second kappa shape index (κ2) is 6.91. The number of fused-ring (bicyclic) bond motifs is 3. The van der Waals surface area contributed by atoms with Crippen molar-refractivity contribution in [3.8, 4) is 0 Å². The highest BCUT2D eigenvalue weighted by molar-refractivity contribution is 7.98. The van der Waals surface area contributed by atoms with Gasteiger partial charge in [-0.2, -0.15) is 0 Å². The summed E-state index contributed by atoms with van der Waals surface area (Å²) in [5.41, 5.74) is 3.21. The molecule has 25 heavy (non-hydrogen) atoms. The number of aromatic nitrogens is 1. The topological polar surface area (TPSA) is 51.4 Å². The third kappa shape index (κ3) is 3.33. The first kappa shape index (κ1) is 17.3. The maximum atomic E-state index is 11.5. The summed E-state index contributed by atoms with van der Waals surface area (Å²) >= 11 is 14.3. The first-order valence-corrected chi connectivity index (χ1v) is 9.97. The molecule has 5 nitrogen and oxygen atoms in total. The Morgan fingerprint density at radius 2 is 2.08 bits per heavy atom. The van der Waals surface area contributed by atoms with E-state index in [2.05, 4.69) is 14.0 Å². The Hall–Kier alpha value is -1.08. The van der Waals surface area contributed by atoms with E-state index in [1.807, 2.05) is 11.0 Å². The standard InChI is InChI=1S/C17H20Cl2N4OS/c1-10(24)22-4-2-11(3-5-22)8-23-9-12-6-13(18)15-14(19)7-20-17(15)16(12)21-25-23/h6-7,11,20-21H,2-5,8-9H2,1H3. The van der Waals surface area contributed by atoms with Crippen molar-refractivity contribution in [3.05, 3.63) is 27.9 Å². The summed E-state index contributed by atoms with van der Waals surface area (Å²) in [6, 6.07) is 2.01. The third-order valence-electron chi connectivity index (χ3n) is 5.09. The van der Waals surface area contributed by atoms with Crippen LogP contribution < -0.4 is 4.72 Å². The van der Waals surface area contributed by atoms with Gasteiger partial charge in [-0.15, -0.1) is 0 Å². The number of aromatic amines is 1. The van der Waals surface area contributed by atoms with Gasteiger partial charge in [0.05, 0.1) is 21.2 Å². The van der Waals surface area contributed by atoms with Crippen molar-refractivity contribution >= 4 is 57.8 Å². The number of likely N-dealkylation sites (tertiary alicyclic amines) is 1. The Balaban J connectivity index is 1.46. The quantitative estimate of drug-likeness (QED) is 0.729. The number of halogens is 2. The number of benzene rings is 1. The number of piperidine rings is 1. The summed E-state index contributed by atoms with van der Waals surface area (Å²) in [4.78, 5) is 16.6. The van der Waals surface area contributed by atoms with Crippen molar-refractivity contribution in [2.24, 2.45) is 5.92 Å². The molecule has 0 unspecified atom stereocenters. The molecule has 2 N–H and O–H groups in total. The molecule has 4 rings (SSSR count). The van der Waals surface area contributed by atoms with Crippen LogP contribution in [0.3, 0.4) is 0 Å². The van der Waals surface area contributed by atoms with Gasteiger partial charge in [0.1, 0.15) is 0 Å². The molecule has 1 aromatic carbocycles. The summed E-state index contributed by atoms with van der Waals surface area (Å²) in [5.74, 6) is 0.801. The van der Waals surface area contributed by atoms with Gasteiger partial charge in [0.2, 0.25) is 5.91 Å². The second-order valence-corrected chi connectivity index (χ2v) is 8.46. The molecular weight excluding hydrogens is 379 g/mol. The predicted molar refractivity (Wildman–Crippen MR) is 105 cm³/mol. The number of nitrogens with zero attached hydrogens (tertiary/aromatic N) is 2. The zero-order valence-electron chi connectivity index (χ0n) is 13.9. The minimum atomic E-state index is 0.185. The molecule has 1 fully saturated rings. The highest BCUT2D eigenvalue weighted by Crippen LogP contribution is 2.42. The number of H-pyrrole nitrogens is 1. The molecule has 0 radical (unpaired) electrons. The first-order valence-electron chi connectivity index (χ1n) is 8.44. The molecule has 8 heteroatoms. The van der Waals surface area contributed by atoms with E-state index in [1.54, 1.807) is 25.3 Å². The van der Waals surface area contributed by atoms with Crippen LogP contribution in [-0.4, -0.2) is 39.7 Å². The number of nitrogens with one attached hydrogen (secondary N) is 2. The fourth-order valence-electron chi connectivity index (χ4n) is 3.68. The molecule has 1 saturated heterocycles. The van der Waals surface area contributed by atoms with Gasteiger partial charge in [-0.05, 0) is 30.4 Å². The van der Waals surface area contributed by atoms with Crippen molar-refractivity contribution in [2.45, 2.75) is 26.3 Å². The molecule has 2 aliphatic rings. The molecule has 0 aliphatic carbocycles. The number of hydrogen-bond acceptors (Lipinski definition) is 4. The van der Waals surface area contributed by atoms with E-state index >= 15 is 0 Å². The van der Waals surface area contributed by atoms with E-state index in [-0.39, 0.29) is 5.91 Å². The minimum Gasteiger partial charge on any atom is -0.358 e. The van der Waals surface area contributed by atoms with E-state index in [0.29, 0.717) is 16.0 Å². The van der Waals surface area contributed by atoms with Crippen LogP contribution in [0.1, 0.15) is 25.3 Å². The SMILES string of the molecule is CC(=O)N1CCC(CN2Cc3cc(Cl)c4c(Cl)c[nH]c4c3NS2)CC1. The van der Waals surface area contributed by atoms with Crippen molar-refractivity contribution in [3.63, 3.8) is 0 Å². The molecule has 0 spiro atoms. The van der Waals surface area contributed by atoms with E-state index < -0.39 is 0 Å². The summed E-state index contributed by atoms with van der Waals surface area (Å²) in [5, 5.41) is 2.21. The van der Waals surface area contributed by atoms with Gasteiger partial charge in [-0.3, -0.25) is 4.79 Å². The molecule has 3 heterocycles. The van der Waals surface area contributed by atoms with Crippen molar-refractivity contribution in [1.82, 2.24) is 14.2 Å². The Kier molecular flexibility index (Phi) is 4.79. The van der Waals surface area contributed by atoms with E-state index in [9.17, 15) is 4.79 Å². The van der Waals surface area contributed by atoms with Crippen LogP contribution in [0.25, 0.3) is 10.9 Å². The lowest BCUT2D eigenvalue weighted by Crippen LogP contribution is -2.40. The number of anilines is 1. The Labute approximate surface area is 161 Å². The minimum absolute atomic E-state index is 0.185. The molecule has 2 aliphatic heterocycles. The van der Waals surface area contributed by atoms with Crippen molar-refractivity contribution in [1.29, 1.82) is 0 Å². The van der Waals surface area contributed by atoms with Gasteiger partial charge in [-0.25, -0.2) is 4.31 Å². The number of amides is 1. The monoisotopic (exact) mass is 398 g/mol. The molecule has 0 saturated carbocycles. The molecule has 1 aromatic heterocycles. The van der Waals surface area contributed by atoms with Crippen LogP contribution in [0.2, 0.25) is 10.0 Å². The summed E-state index contributed by atoms with van der Waals surface area (Å²) < 4.78 is 5.78. The highest BCUT2D eigenvalue weighted by atomic mass is 35.5. The third-order valence-corrected chi connectivity index (χ3v) is 6.52. The van der Waals surface area contributed by atoms with Gasteiger partial charge in [0.25, 0.3) is 0 Å². The van der Waals surface area contributed by atoms with Crippen LogP contribution in [-0.2, 0) is 11.3 Å². The molecule has 2 aromatic rings. The first-order chi connectivity index (χ1) is 12.0. The van der Waals surface area contributed by atoms with Crippen LogP contribution in [0.4, 0.5) is 5.69 Å². The Bertz CT molecular complexity index is 817. The van der Waals surface area contributed by atoms with Gasteiger partial charge < -0.3 is 14.6 Å². The molecule has 1 amide bonds. The highest BCUT2D eigenvalue weighted by Gasteiger charge is 2.27. The zero-order chi connectivity index (χ0) is 17.6. The van der Waals surface area contributed by atoms with Crippen LogP contribution in [0, 0.1) is 5.92 Å². The largest absolute Gasteiger partial charge is 0.358 e. The predicted octanol–water partition coefficient (Wildman–Crippen LogP) is 4.52. The lowest BCUT2D eigenvalue weighted by Gasteiger charge is -2.35. The Morgan fingerprint density at radius 1 is 1.32 bits per heavy atom. The van der Waals surface area contributed by atoms with Crippen molar-refractivity contribution < 1.29 is 4.79 Å². The maximum absolute atomic E-state index is 11.5. The van der Waals surface area contributed by atoms with E-state index in [1.165, 1.54) is 5.56 Å². The number of carbonyl (C=O) groups is 1. The number of rotatable bonds is 2. The zero-order valence-corrected chi connectivity index (χ0v) is 16.3. The molecule has 134 valence electrons. The van der Waals surface area contributed by atoms with E-state index in [0.717, 1.165) is 55.6 Å².